The molecule has 0 spiro atoms. The molecule has 138 valence electrons. The molecule has 25 heavy (non-hydrogen) atoms. The van der Waals surface area contributed by atoms with Gasteiger partial charge in [0.15, 0.2) is 14.9 Å². The van der Waals surface area contributed by atoms with E-state index in [1.807, 2.05) is 17.0 Å². The quantitative estimate of drug-likeness (QED) is 0.808. The molecular formula is C18H26N2O3S2. The highest BCUT2D eigenvalue weighted by molar-refractivity contribution is 7.91. The molecule has 2 saturated heterocycles. The molecule has 2 aliphatic heterocycles. The standard InChI is InChI=1S/C18H26N2O3S2/c1-13-5-3-7-17(14(13)2)19-18(24)20(11-16-6-4-9-23-16)15-8-10-25(21,22)12-15/h3,5,7,15-16H,4,6,8-12H2,1-2H3,(H,19,24)/t15-,16+/m0/s1. The van der Waals surface area contributed by atoms with Crippen LogP contribution in [0.3, 0.4) is 0 Å². The molecule has 0 aliphatic carbocycles. The summed E-state index contributed by atoms with van der Waals surface area (Å²) in [4.78, 5) is 2.04. The zero-order valence-corrected chi connectivity index (χ0v) is 16.5. The number of benzene rings is 1. The SMILES string of the molecule is Cc1cccc(NC(=S)N(C[C@H]2CCCO2)[C@H]2CCS(=O)(=O)C2)c1C. The molecule has 0 unspecified atom stereocenters. The first kappa shape index (κ1) is 18.6. The van der Waals surface area contributed by atoms with E-state index < -0.39 is 9.84 Å². The highest BCUT2D eigenvalue weighted by Crippen LogP contribution is 2.24. The van der Waals surface area contributed by atoms with E-state index in [2.05, 4.69) is 25.2 Å². The third kappa shape index (κ3) is 4.51. The van der Waals surface area contributed by atoms with E-state index in [9.17, 15) is 8.42 Å². The smallest absolute Gasteiger partial charge is 0.173 e. The number of sulfone groups is 1. The van der Waals surface area contributed by atoms with Gasteiger partial charge in [0.2, 0.25) is 0 Å². The molecule has 0 amide bonds. The zero-order valence-electron chi connectivity index (χ0n) is 14.8. The molecule has 0 aromatic heterocycles. The third-order valence-corrected chi connectivity index (χ3v) is 7.27. The van der Waals surface area contributed by atoms with Crippen LogP contribution in [0.1, 0.15) is 30.4 Å². The van der Waals surface area contributed by atoms with Gasteiger partial charge in [-0.3, -0.25) is 0 Å². The molecule has 2 atom stereocenters. The van der Waals surface area contributed by atoms with Gasteiger partial charge in [0.1, 0.15) is 0 Å². The average molecular weight is 383 g/mol. The highest BCUT2D eigenvalue weighted by atomic mass is 32.2. The minimum absolute atomic E-state index is 0.0701. The number of hydrogen-bond acceptors (Lipinski definition) is 4. The lowest BCUT2D eigenvalue weighted by Crippen LogP contribution is -2.47. The molecule has 1 N–H and O–H groups in total. The molecule has 0 saturated carbocycles. The number of nitrogens with zero attached hydrogens (tertiary/aromatic N) is 1. The summed E-state index contributed by atoms with van der Waals surface area (Å²) in [6, 6.07) is 6.00. The molecule has 3 rings (SSSR count). The van der Waals surface area contributed by atoms with Gasteiger partial charge in [0, 0.05) is 24.9 Å². The first-order valence-electron chi connectivity index (χ1n) is 8.81. The maximum atomic E-state index is 11.9. The number of thiocarbonyl (C=S) groups is 1. The maximum absolute atomic E-state index is 11.9. The molecule has 5 nitrogen and oxygen atoms in total. The van der Waals surface area contributed by atoms with Crippen molar-refractivity contribution < 1.29 is 13.2 Å². The van der Waals surface area contributed by atoms with Crippen molar-refractivity contribution in [3.63, 3.8) is 0 Å². The fraction of sp³-hybridized carbons (Fsp3) is 0.611. The van der Waals surface area contributed by atoms with Gasteiger partial charge in [-0.05, 0) is 62.5 Å². The fourth-order valence-corrected chi connectivity index (χ4v) is 5.56. The summed E-state index contributed by atoms with van der Waals surface area (Å²) in [5, 5.41) is 3.93. The second kappa shape index (κ2) is 7.60. The second-order valence-corrected chi connectivity index (χ2v) is 9.64. The van der Waals surface area contributed by atoms with Crippen molar-refractivity contribution in [3.05, 3.63) is 29.3 Å². The molecule has 1 aromatic rings. The lowest BCUT2D eigenvalue weighted by atomic mass is 10.1. The molecule has 2 fully saturated rings. The minimum Gasteiger partial charge on any atom is -0.376 e. The van der Waals surface area contributed by atoms with Crippen molar-refractivity contribution in [1.82, 2.24) is 4.90 Å². The van der Waals surface area contributed by atoms with E-state index in [4.69, 9.17) is 17.0 Å². The van der Waals surface area contributed by atoms with Gasteiger partial charge >= 0.3 is 0 Å². The summed E-state index contributed by atoms with van der Waals surface area (Å²) >= 11 is 5.67. The van der Waals surface area contributed by atoms with Gasteiger partial charge in [-0.15, -0.1) is 0 Å². The second-order valence-electron chi connectivity index (χ2n) is 7.02. The Kier molecular flexibility index (Phi) is 5.65. The molecule has 1 aromatic carbocycles. The maximum Gasteiger partial charge on any atom is 0.173 e. The lowest BCUT2D eigenvalue weighted by molar-refractivity contribution is 0.0851. The van der Waals surface area contributed by atoms with E-state index in [1.165, 1.54) is 5.56 Å². The predicted octanol–water partition coefficient (Wildman–Crippen LogP) is 2.67. The van der Waals surface area contributed by atoms with E-state index >= 15 is 0 Å². The summed E-state index contributed by atoms with van der Waals surface area (Å²) in [6.07, 6.45) is 2.81. The molecule has 0 bridgehead atoms. The fourth-order valence-electron chi connectivity index (χ4n) is 3.50. The molecule has 2 aliphatic rings. The summed E-state index contributed by atoms with van der Waals surface area (Å²) in [7, 11) is -2.97. The van der Waals surface area contributed by atoms with Gasteiger partial charge in [0.25, 0.3) is 0 Å². The Hall–Kier alpha value is -1.18. The summed E-state index contributed by atoms with van der Waals surface area (Å²) < 4.78 is 29.6. The Balaban J connectivity index is 1.77. The normalized spacial score (nSPS) is 25.0. The van der Waals surface area contributed by atoms with Crippen LogP contribution in [0.15, 0.2) is 18.2 Å². The average Bonchev–Trinajstić information content (AvgIpc) is 3.18. The topological polar surface area (TPSA) is 58.6 Å². The Morgan fingerprint density at radius 2 is 2.16 bits per heavy atom. The van der Waals surface area contributed by atoms with Crippen LogP contribution in [0.5, 0.6) is 0 Å². The van der Waals surface area contributed by atoms with Crippen molar-refractivity contribution in [2.24, 2.45) is 0 Å². The van der Waals surface area contributed by atoms with Gasteiger partial charge in [-0.25, -0.2) is 8.42 Å². The summed E-state index contributed by atoms with van der Waals surface area (Å²) in [5.74, 6) is 0.417. The predicted molar refractivity (Wildman–Crippen MR) is 105 cm³/mol. The summed E-state index contributed by atoms with van der Waals surface area (Å²) in [6.45, 7) is 5.55. The van der Waals surface area contributed by atoms with Crippen molar-refractivity contribution in [3.8, 4) is 0 Å². The monoisotopic (exact) mass is 382 g/mol. The van der Waals surface area contributed by atoms with Gasteiger partial charge in [-0.1, -0.05) is 12.1 Å². The van der Waals surface area contributed by atoms with Crippen LogP contribution >= 0.6 is 12.2 Å². The first-order chi connectivity index (χ1) is 11.9. The number of ether oxygens (including phenoxy) is 1. The number of anilines is 1. The Bertz CT molecular complexity index is 743. The number of hydrogen-bond donors (Lipinski definition) is 1. The van der Waals surface area contributed by atoms with Crippen molar-refractivity contribution in [2.75, 3.05) is 30.0 Å². The van der Waals surface area contributed by atoms with Crippen molar-refractivity contribution in [2.45, 2.75) is 45.3 Å². The highest BCUT2D eigenvalue weighted by Gasteiger charge is 2.35. The molecular weight excluding hydrogens is 356 g/mol. The number of rotatable bonds is 4. The van der Waals surface area contributed by atoms with E-state index in [1.54, 1.807) is 0 Å². The largest absolute Gasteiger partial charge is 0.376 e. The molecule has 2 heterocycles. The third-order valence-electron chi connectivity index (χ3n) is 5.18. The molecule has 0 radical (unpaired) electrons. The number of nitrogens with one attached hydrogen (secondary N) is 1. The van der Waals surface area contributed by atoms with E-state index in [0.29, 0.717) is 18.1 Å². The Labute approximate surface area is 155 Å². The van der Waals surface area contributed by atoms with Crippen molar-refractivity contribution in [1.29, 1.82) is 0 Å². The van der Waals surface area contributed by atoms with Crippen LogP contribution in [-0.4, -0.2) is 55.2 Å². The van der Waals surface area contributed by atoms with Crippen LogP contribution in [-0.2, 0) is 14.6 Å². The van der Waals surface area contributed by atoms with E-state index in [0.717, 1.165) is 30.7 Å². The van der Waals surface area contributed by atoms with Crippen LogP contribution in [0.25, 0.3) is 0 Å². The van der Waals surface area contributed by atoms with Crippen LogP contribution in [0.2, 0.25) is 0 Å². The van der Waals surface area contributed by atoms with Gasteiger partial charge in [0.05, 0.1) is 17.6 Å². The minimum atomic E-state index is -2.97. The van der Waals surface area contributed by atoms with Crippen LogP contribution in [0, 0.1) is 13.8 Å². The van der Waals surface area contributed by atoms with E-state index in [-0.39, 0.29) is 23.7 Å². The molecule has 7 heteroatoms. The van der Waals surface area contributed by atoms with Crippen molar-refractivity contribution >= 4 is 32.9 Å². The van der Waals surface area contributed by atoms with Gasteiger partial charge in [-0.2, -0.15) is 0 Å². The Morgan fingerprint density at radius 1 is 1.36 bits per heavy atom. The first-order valence-corrected chi connectivity index (χ1v) is 11.0. The van der Waals surface area contributed by atoms with Crippen LogP contribution < -0.4 is 5.32 Å². The zero-order chi connectivity index (χ0) is 18.0. The Morgan fingerprint density at radius 3 is 2.80 bits per heavy atom. The summed E-state index contributed by atoms with van der Waals surface area (Å²) in [5.41, 5.74) is 3.33. The van der Waals surface area contributed by atoms with Gasteiger partial charge < -0.3 is 15.0 Å². The lowest BCUT2D eigenvalue weighted by Gasteiger charge is -2.33. The van der Waals surface area contributed by atoms with Crippen LogP contribution in [0.4, 0.5) is 5.69 Å². The number of aryl methyl sites for hydroxylation is 1.